The zero-order valence-corrected chi connectivity index (χ0v) is 12.9. The topological polar surface area (TPSA) is 29.3 Å². The average molecular weight is 260 g/mol. The quantitative estimate of drug-likeness (QED) is 0.833. The van der Waals surface area contributed by atoms with Gasteiger partial charge in [0.1, 0.15) is 0 Å². The van der Waals surface area contributed by atoms with Crippen molar-refractivity contribution in [2.24, 2.45) is 5.41 Å². The van der Waals surface area contributed by atoms with Gasteiger partial charge in [-0.1, -0.05) is 26.0 Å². The number of nitrogens with zero attached hydrogens (tertiary/aromatic N) is 1. The molecular weight excluding hydrogens is 232 g/mol. The molecule has 2 heteroatoms. The number of benzene rings is 1. The first kappa shape index (κ1) is 14.4. The summed E-state index contributed by atoms with van der Waals surface area (Å²) < 4.78 is 0. The van der Waals surface area contributed by atoms with Gasteiger partial charge in [-0.15, -0.1) is 0 Å². The minimum Gasteiger partial charge on any atom is -0.399 e. The number of anilines is 1. The molecule has 0 amide bonds. The van der Waals surface area contributed by atoms with Crippen LogP contribution in [0.3, 0.4) is 0 Å². The van der Waals surface area contributed by atoms with Crippen LogP contribution in [-0.4, -0.2) is 18.0 Å². The monoisotopic (exact) mass is 260 g/mol. The fourth-order valence-electron chi connectivity index (χ4n) is 3.08. The zero-order valence-electron chi connectivity index (χ0n) is 12.9. The van der Waals surface area contributed by atoms with E-state index in [-0.39, 0.29) is 0 Å². The van der Waals surface area contributed by atoms with Gasteiger partial charge >= 0.3 is 0 Å². The van der Waals surface area contributed by atoms with Crippen LogP contribution in [-0.2, 0) is 6.54 Å². The molecule has 0 radical (unpaired) electrons. The number of hydrogen-bond donors (Lipinski definition) is 1. The lowest BCUT2D eigenvalue weighted by Crippen LogP contribution is -2.36. The van der Waals surface area contributed by atoms with Crippen molar-refractivity contribution in [3.63, 3.8) is 0 Å². The third-order valence-corrected chi connectivity index (χ3v) is 4.70. The van der Waals surface area contributed by atoms with Crippen LogP contribution in [0.25, 0.3) is 0 Å². The van der Waals surface area contributed by atoms with Gasteiger partial charge in [0.05, 0.1) is 0 Å². The first-order valence-electron chi connectivity index (χ1n) is 7.43. The smallest absolute Gasteiger partial charge is 0.0343 e. The summed E-state index contributed by atoms with van der Waals surface area (Å²) in [5.74, 6) is 0. The molecule has 0 aliphatic heterocycles. The molecule has 0 heterocycles. The van der Waals surface area contributed by atoms with Gasteiger partial charge in [-0.2, -0.15) is 0 Å². The molecule has 1 aromatic carbocycles. The molecule has 0 bridgehead atoms. The molecule has 2 rings (SSSR count). The van der Waals surface area contributed by atoms with Gasteiger partial charge in [0.25, 0.3) is 0 Å². The summed E-state index contributed by atoms with van der Waals surface area (Å²) >= 11 is 0. The summed E-state index contributed by atoms with van der Waals surface area (Å²) in [6, 6.07) is 7.15. The Morgan fingerprint density at radius 2 is 1.89 bits per heavy atom. The van der Waals surface area contributed by atoms with E-state index in [0.29, 0.717) is 5.41 Å². The highest BCUT2D eigenvalue weighted by atomic mass is 15.1. The fraction of sp³-hybridized carbons (Fsp3) is 0.647. The second-order valence-electron chi connectivity index (χ2n) is 7.00. The molecule has 0 unspecified atom stereocenters. The lowest BCUT2D eigenvalue weighted by atomic mass is 9.75. The molecule has 0 aromatic heterocycles. The van der Waals surface area contributed by atoms with Crippen LogP contribution in [0.2, 0.25) is 0 Å². The van der Waals surface area contributed by atoms with Crippen LogP contribution in [0.1, 0.15) is 50.7 Å². The van der Waals surface area contributed by atoms with E-state index in [1.807, 2.05) is 6.07 Å². The number of nitrogen functional groups attached to an aromatic ring is 1. The highest BCUT2D eigenvalue weighted by molar-refractivity contribution is 5.47. The van der Waals surface area contributed by atoms with E-state index in [4.69, 9.17) is 5.73 Å². The van der Waals surface area contributed by atoms with Crippen molar-refractivity contribution in [2.45, 2.75) is 59.0 Å². The second kappa shape index (κ2) is 5.54. The predicted molar refractivity (Wildman–Crippen MR) is 83.1 cm³/mol. The molecule has 1 aliphatic carbocycles. The largest absolute Gasteiger partial charge is 0.399 e. The minimum atomic E-state index is 0.551. The number of rotatable bonds is 3. The number of aryl methyl sites for hydroxylation is 1. The minimum absolute atomic E-state index is 0.551. The van der Waals surface area contributed by atoms with E-state index in [1.54, 1.807) is 0 Å². The summed E-state index contributed by atoms with van der Waals surface area (Å²) in [5.41, 5.74) is 9.89. The molecule has 1 aromatic rings. The Balaban J connectivity index is 1.94. The van der Waals surface area contributed by atoms with Gasteiger partial charge in [-0.3, -0.25) is 4.90 Å². The Hall–Kier alpha value is -1.02. The molecule has 1 saturated carbocycles. The molecule has 1 aliphatic rings. The highest BCUT2D eigenvalue weighted by Gasteiger charge is 2.28. The maximum absolute atomic E-state index is 5.88. The SMILES string of the molecule is Cc1cc(CN(C)C2CCC(C)(C)CC2)ccc1N. The van der Waals surface area contributed by atoms with Crippen LogP contribution in [0, 0.1) is 12.3 Å². The Morgan fingerprint density at radius 3 is 2.47 bits per heavy atom. The Morgan fingerprint density at radius 1 is 1.26 bits per heavy atom. The Labute approximate surface area is 118 Å². The van der Waals surface area contributed by atoms with Crippen LogP contribution in [0.15, 0.2) is 18.2 Å². The molecule has 1 fully saturated rings. The van der Waals surface area contributed by atoms with E-state index in [2.05, 4.69) is 44.9 Å². The maximum atomic E-state index is 5.88. The van der Waals surface area contributed by atoms with Gasteiger partial charge in [0.15, 0.2) is 0 Å². The zero-order chi connectivity index (χ0) is 14.0. The highest BCUT2D eigenvalue weighted by Crippen LogP contribution is 2.36. The molecule has 0 atom stereocenters. The van der Waals surface area contributed by atoms with Crippen molar-refractivity contribution in [1.29, 1.82) is 0 Å². The van der Waals surface area contributed by atoms with E-state index in [1.165, 1.54) is 36.8 Å². The third kappa shape index (κ3) is 3.73. The summed E-state index contributed by atoms with van der Waals surface area (Å²) in [7, 11) is 2.26. The van der Waals surface area contributed by atoms with Gasteiger partial charge in [-0.05, 0) is 62.3 Å². The maximum Gasteiger partial charge on any atom is 0.0343 e. The molecule has 2 N–H and O–H groups in total. The second-order valence-corrected chi connectivity index (χ2v) is 7.00. The lowest BCUT2D eigenvalue weighted by molar-refractivity contribution is 0.123. The summed E-state index contributed by atoms with van der Waals surface area (Å²) in [4.78, 5) is 2.51. The van der Waals surface area contributed by atoms with Crippen molar-refractivity contribution < 1.29 is 0 Å². The van der Waals surface area contributed by atoms with Crippen molar-refractivity contribution >= 4 is 5.69 Å². The number of nitrogens with two attached hydrogens (primary N) is 1. The van der Waals surface area contributed by atoms with Gasteiger partial charge in [0.2, 0.25) is 0 Å². The van der Waals surface area contributed by atoms with Gasteiger partial charge in [0, 0.05) is 18.3 Å². The molecule has 2 nitrogen and oxygen atoms in total. The Kier molecular flexibility index (Phi) is 4.19. The predicted octanol–water partition coefficient (Wildman–Crippen LogP) is 3.98. The molecule has 0 spiro atoms. The first-order valence-corrected chi connectivity index (χ1v) is 7.43. The average Bonchev–Trinajstić information content (AvgIpc) is 2.33. The van der Waals surface area contributed by atoms with Crippen molar-refractivity contribution in [1.82, 2.24) is 4.90 Å². The Bertz CT molecular complexity index is 427. The fourth-order valence-corrected chi connectivity index (χ4v) is 3.08. The standard InChI is InChI=1S/C17H28N2/c1-13-11-14(5-6-16(13)18)12-19(4)15-7-9-17(2,3)10-8-15/h5-6,11,15H,7-10,12,18H2,1-4H3. The van der Waals surface area contributed by atoms with Crippen molar-refractivity contribution in [3.8, 4) is 0 Å². The van der Waals surface area contributed by atoms with Crippen molar-refractivity contribution in [2.75, 3.05) is 12.8 Å². The van der Waals surface area contributed by atoms with E-state index < -0.39 is 0 Å². The van der Waals surface area contributed by atoms with E-state index in [9.17, 15) is 0 Å². The summed E-state index contributed by atoms with van der Waals surface area (Å²) in [5, 5.41) is 0. The third-order valence-electron chi connectivity index (χ3n) is 4.70. The van der Waals surface area contributed by atoms with Crippen LogP contribution in [0.5, 0.6) is 0 Å². The van der Waals surface area contributed by atoms with Crippen LogP contribution >= 0.6 is 0 Å². The summed E-state index contributed by atoms with van der Waals surface area (Å²) in [6.07, 6.45) is 5.36. The van der Waals surface area contributed by atoms with E-state index >= 15 is 0 Å². The summed E-state index contributed by atoms with van der Waals surface area (Å²) in [6.45, 7) is 7.91. The van der Waals surface area contributed by atoms with Crippen LogP contribution < -0.4 is 5.73 Å². The number of hydrogen-bond acceptors (Lipinski definition) is 2. The molecule has 19 heavy (non-hydrogen) atoms. The van der Waals surface area contributed by atoms with Crippen LogP contribution in [0.4, 0.5) is 5.69 Å². The molecule has 106 valence electrons. The van der Waals surface area contributed by atoms with E-state index in [0.717, 1.165) is 18.3 Å². The first-order chi connectivity index (χ1) is 8.87. The van der Waals surface area contributed by atoms with Gasteiger partial charge < -0.3 is 5.73 Å². The lowest BCUT2D eigenvalue weighted by Gasteiger charge is -2.38. The molecule has 0 saturated heterocycles. The van der Waals surface area contributed by atoms with Crippen molar-refractivity contribution in [3.05, 3.63) is 29.3 Å². The normalized spacial score (nSPS) is 19.8. The van der Waals surface area contributed by atoms with Gasteiger partial charge in [-0.25, -0.2) is 0 Å². The molecular formula is C17H28N2.